The van der Waals surface area contributed by atoms with Gasteiger partial charge >= 0.3 is 6.29 Å². The highest BCUT2D eigenvalue weighted by atomic mass is 19.3. The zero-order chi connectivity index (χ0) is 19.4. The van der Waals surface area contributed by atoms with Crippen molar-refractivity contribution in [1.29, 1.82) is 0 Å². The number of rotatable bonds is 4. The van der Waals surface area contributed by atoms with E-state index < -0.39 is 17.9 Å². The molecule has 8 nitrogen and oxygen atoms in total. The lowest BCUT2D eigenvalue weighted by molar-refractivity contribution is -0.286. The number of anilines is 1. The Bertz CT molecular complexity index is 1020. The van der Waals surface area contributed by atoms with Gasteiger partial charge in [0.05, 0.1) is 11.6 Å². The van der Waals surface area contributed by atoms with Gasteiger partial charge in [-0.1, -0.05) is 6.07 Å². The maximum absolute atomic E-state index is 13.3. The molecule has 3 heterocycles. The molecule has 142 valence electrons. The molecule has 0 unspecified atom stereocenters. The summed E-state index contributed by atoms with van der Waals surface area (Å²) in [5.74, 6) is 0.796. The predicted molar refractivity (Wildman–Crippen MR) is 90.8 cm³/mol. The van der Waals surface area contributed by atoms with E-state index in [1.54, 1.807) is 26.0 Å². The number of hydrogen-bond acceptors (Lipinski definition) is 7. The Balaban J connectivity index is 1.74. The van der Waals surface area contributed by atoms with E-state index in [0.29, 0.717) is 22.9 Å². The zero-order valence-corrected chi connectivity index (χ0v) is 14.8. The van der Waals surface area contributed by atoms with Gasteiger partial charge in [-0.2, -0.15) is 14.6 Å². The summed E-state index contributed by atoms with van der Waals surface area (Å²) in [7, 11) is 0. The van der Waals surface area contributed by atoms with Gasteiger partial charge in [-0.15, -0.1) is 8.78 Å². The van der Waals surface area contributed by atoms with Crippen molar-refractivity contribution in [2.24, 2.45) is 0 Å². The number of halogens is 2. The van der Waals surface area contributed by atoms with Crippen molar-refractivity contribution in [3.8, 4) is 11.5 Å². The van der Waals surface area contributed by atoms with E-state index in [2.05, 4.69) is 29.9 Å². The summed E-state index contributed by atoms with van der Waals surface area (Å²) in [6.07, 6.45) is -2.33. The average molecular weight is 377 g/mol. The van der Waals surface area contributed by atoms with E-state index in [9.17, 15) is 13.9 Å². The summed E-state index contributed by atoms with van der Waals surface area (Å²) in [6.45, 7) is 5.02. The van der Waals surface area contributed by atoms with Crippen LogP contribution in [0, 0.1) is 6.92 Å². The number of aromatic nitrogens is 4. The van der Waals surface area contributed by atoms with Gasteiger partial charge in [0, 0.05) is 11.8 Å². The lowest BCUT2D eigenvalue weighted by Crippen LogP contribution is -2.35. The van der Waals surface area contributed by atoms with Crippen LogP contribution in [0.25, 0.3) is 5.78 Å². The Morgan fingerprint density at radius 3 is 2.70 bits per heavy atom. The Kier molecular flexibility index (Phi) is 3.70. The fourth-order valence-corrected chi connectivity index (χ4v) is 2.99. The number of nitrogens with one attached hydrogen (secondary N) is 1. The van der Waals surface area contributed by atoms with E-state index in [1.165, 1.54) is 23.0 Å². The molecule has 3 aromatic rings. The van der Waals surface area contributed by atoms with E-state index in [1.807, 2.05) is 6.92 Å². The molecule has 2 N–H and O–H groups in total. The molecule has 0 spiro atoms. The van der Waals surface area contributed by atoms with Gasteiger partial charge in [0.25, 0.3) is 5.78 Å². The largest absolute Gasteiger partial charge is 0.586 e. The molecule has 0 fully saturated rings. The van der Waals surface area contributed by atoms with Crippen molar-refractivity contribution in [2.45, 2.75) is 38.7 Å². The molecule has 0 amide bonds. The lowest BCUT2D eigenvalue weighted by Gasteiger charge is -2.31. The van der Waals surface area contributed by atoms with E-state index in [0.717, 1.165) is 0 Å². The highest BCUT2D eigenvalue weighted by Crippen LogP contribution is 2.43. The minimum absolute atomic E-state index is 0.0586. The van der Waals surface area contributed by atoms with Crippen LogP contribution in [0.4, 0.5) is 14.6 Å². The molecule has 0 saturated heterocycles. The van der Waals surface area contributed by atoms with Crippen molar-refractivity contribution >= 4 is 11.6 Å². The maximum atomic E-state index is 13.3. The molecule has 0 aliphatic carbocycles. The highest BCUT2D eigenvalue weighted by molar-refractivity contribution is 5.51. The minimum Gasteiger partial charge on any atom is -0.395 e. The summed E-state index contributed by atoms with van der Waals surface area (Å²) in [5, 5.41) is 18.0. The van der Waals surface area contributed by atoms with Gasteiger partial charge in [-0.05, 0) is 38.5 Å². The quantitative estimate of drug-likeness (QED) is 0.722. The molecule has 0 bridgehead atoms. The number of fused-ring (bicyclic) bond motifs is 2. The molecule has 0 radical (unpaired) electrons. The molecule has 1 aliphatic heterocycles. The van der Waals surface area contributed by atoms with Gasteiger partial charge in [-0.25, -0.2) is 4.98 Å². The number of hydrogen-bond donors (Lipinski definition) is 2. The molecular weight excluding hydrogens is 360 g/mol. The fourth-order valence-electron chi connectivity index (χ4n) is 2.99. The lowest BCUT2D eigenvalue weighted by atomic mass is 9.91. The topological polar surface area (TPSA) is 93.8 Å². The third-order valence-corrected chi connectivity index (χ3v) is 4.14. The number of alkyl halides is 2. The Hall–Kier alpha value is -3.01. The van der Waals surface area contributed by atoms with Crippen LogP contribution in [-0.2, 0) is 0 Å². The van der Waals surface area contributed by atoms with E-state index >= 15 is 0 Å². The number of aryl methyl sites for hydroxylation is 1. The zero-order valence-electron chi connectivity index (χ0n) is 14.8. The number of nitrogens with zero attached hydrogens (tertiary/aromatic N) is 4. The summed E-state index contributed by atoms with van der Waals surface area (Å²) >= 11 is 0. The molecule has 10 heteroatoms. The van der Waals surface area contributed by atoms with Crippen LogP contribution < -0.4 is 14.8 Å². The van der Waals surface area contributed by atoms with Crippen LogP contribution >= 0.6 is 0 Å². The molecule has 1 aromatic carbocycles. The summed E-state index contributed by atoms with van der Waals surface area (Å²) < 4.78 is 37.0. The predicted octanol–water partition coefficient (Wildman–Crippen LogP) is 2.68. The minimum atomic E-state index is -3.70. The van der Waals surface area contributed by atoms with Crippen LogP contribution in [0.15, 0.2) is 30.6 Å². The number of ether oxygens (including phenoxy) is 2. The maximum Gasteiger partial charge on any atom is 0.586 e. The van der Waals surface area contributed by atoms with Crippen molar-refractivity contribution in [1.82, 2.24) is 19.6 Å². The number of benzene rings is 1. The van der Waals surface area contributed by atoms with Gasteiger partial charge in [-0.3, -0.25) is 0 Å². The Labute approximate surface area is 152 Å². The third-order valence-electron chi connectivity index (χ3n) is 4.14. The normalized spacial score (nSPS) is 16.5. The van der Waals surface area contributed by atoms with Gasteiger partial charge in [0.15, 0.2) is 11.5 Å². The van der Waals surface area contributed by atoms with E-state index in [-0.39, 0.29) is 11.5 Å². The molecule has 2 aromatic heterocycles. The molecular formula is C17H17F2N5O3. The van der Waals surface area contributed by atoms with Crippen LogP contribution in [0.1, 0.15) is 31.1 Å². The van der Waals surface area contributed by atoms with Crippen molar-refractivity contribution in [3.05, 3.63) is 41.9 Å². The first-order chi connectivity index (χ1) is 12.6. The molecule has 0 saturated carbocycles. The van der Waals surface area contributed by atoms with Crippen molar-refractivity contribution in [3.63, 3.8) is 0 Å². The third kappa shape index (κ3) is 3.23. The fraction of sp³-hybridized carbons (Fsp3) is 0.353. The van der Waals surface area contributed by atoms with Crippen LogP contribution in [0.3, 0.4) is 0 Å². The first-order valence-corrected chi connectivity index (χ1v) is 8.18. The second kappa shape index (κ2) is 5.74. The number of aliphatic hydroxyl groups is 1. The molecule has 27 heavy (non-hydrogen) atoms. The summed E-state index contributed by atoms with van der Waals surface area (Å²) in [5.41, 5.74) is -0.0107. The van der Waals surface area contributed by atoms with Gasteiger partial charge in [0.2, 0.25) is 0 Å². The van der Waals surface area contributed by atoms with Crippen molar-refractivity contribution < 1.29 is 23.4 Å². The smallest absolute Gasteiger partial charge is 0.395 e. The standard InChI is InChI=1S/C17H17F2N5O3/c1-9-6-13(24-15(22-9)20-8-21-24)23-14(16(2,3)25)10-4-5-11-12(7-10)27-17(18,19)26-11/h4-8,14,23,25H,1-3H3/t14-/m0/s1. The molecule has 1 aliphatic rings. The highest BCUT2D eigenvalue weighted by Gasteiger charge is 2.44. The summed E-state index contributed by atoms with van der Waals surface area (Å²) in [6, 6.07) is 5.47. The second-order valence-corrected chi connectivity index (χ2v) is 6.86. The van der Waals surface area contributed by atoms with Crippen LogP contribution in [0.2, 0.25) is 0 Å². The second-order valence-electron chi connectivity index (χ2n) is 6.86. The van der Waals surface area contributed by atoms with Crippen LogP contribution in [0.5, 0.6) is 11.5 Å². The first kappa shape index (κ1) is 17.4. The Morgan fingerprint density at radius 2 is 1.96 bits per heavy atom. The van der Waals surface area contributed by atoms with E-state index in [4.69, 9.17) is 0 Å². The molecule has 4 rings (SSSR count). The Morgan fingerprint density at radius 1 is 1.22 bits per heavy atom. The first-order valence-electron chi connectivity index (χ1n) is 8.18. The SMILES string of the molecule is Cc1cc(N[C@@H](c2ccc3c(c2)OC(F)(F)O3)C(C)(C)O)n2ncnc2n1. The van der Waals surface area contributed by atoms with Crippen LogP contribution in [-0.4, -0.2) is 36.6 Å². The van der Waals surface area contributed by atoms with Crippen molar-refractivity contribution in [2.75, 3.05) is 5.32 Å². The summed E-state index contributed by atoms with van der Waals surface area (Å²) in [4.78, 5) is 8.33. The van der Waals surface area contributed by atoms with Gasteiger partial charge < -0.3 is 19.9 Å². The monoisotopic (exact) mass is 377 g/mol. The average Bonchev–Trinajstić information content (AvgIpc) is 3.12. The van der Waals surface area contributed by atoms with Gasteiger partial charge in [0.1, 0.15) is 12.1 Å². The molecule has 1 atom stereocenters.